The molecule has 0 radical (unpaired) electrons. The number of rotatable bonds is 48. The van der Waals surface area contributed by atoms with Gasteiger partial charge in [0.25, 0.3) is 0 Å². The predicted molar refractivity (Wildman–Crippen MR) is 261 cm³/mol. The van der Waals surface area contributed by atoms with Gasteiger partial charge in [-0.25, -0.2) is 0 Å². The monoisotopic (exact) mass is 857 g/mol. The van der Waals surface area contributed by atoms with Crippen LogP contribution >= 0.6 is 0 Å². The molecule has 0 saturated carbocycles. The van der Waals surface area contributed by atoms with E-state index in [-0.39, 0.29) is 31.1 Å². The van der Waals surface area contributed by atoms with Gasteiger partial charge < -0.3 is 14.2 Å². The molecule has 0 bridgehead atoms. The van der Waals surface area contributed by atoms with Crippen LogP contribution in [-0.4, -0.2) is 37.2 Å². The van der Waals surface area contributed by atoms with Crippen LogP contribution < -0.4 is 0 Å². The van der Waals surface area contributed by atoms with Crippen molar-refractivity contribution in [1.82, 2.24) is 0 Å². The van der Waals surface area contributed by atoms with Crippen LogP contribution in [0.15, 0.2) is 36.5 Å². The van der Waals surface area contributed by atoms with E-state index >= 15 is 0 Å². The minimum Gasteiger partial charge on any atom is -0.462 e. The van der Waals surface area contributed by atoms with Crippen molar-refractivity contribution in [2.24, 2.45) is 0 Å². The Kier molecular flexibility index (Phi) is 48.3. The Morgan fingerprint density at radius 1 is 0.344 bits per heavy atom. The molecule has 1 atom stereocenters. The first-order valence-corrected chi connectivity index (χ1v) is 26.5. The molecule has 61 heavy (non-hydrogen) atoms. The van der Waals surface area contributed by atoms with Crippen LogP contribution in [0, 0.1) is 0 Å². The molecule has 356 valence electrons. The number of esters is 3. The van der Waals surface area contributed by atoms with Gasteiger partial charge in [-0.1, -0.05) is 243 Å². The lowest BCUT2D eigenvalue weighted by atomic mass is 10.0. The van der Waals surface area contributed by atoms with Crippen LogP contribution in [0.2, 0.25) is 0 Å². The molecule has 0 amide bonds. The van der Waals surface area contributed by atoms with Gasteiger partial charge in [-0.2, -0.15) is 0 Å². The summed E-state index contributed by atoms with van der Waals surface area (Å²) in [4.78, 5) is 38.0. The number of allylic oxidation sites excluding steroid dienone is 6. The topological polar surface area (TPSA) is 78.9 Å². The second kappa shape index (κ2) is 50.3. The molecule has 0 aliphatic rings. The molecule has 0 rings (SSSR count). The van der Waals surface area contributed by atoms with Crippen molar-refractivity contribution in [3.05, 3.63) is 36.5 Å². The summed E-state index contributed by atoms with van der Waals surface area (Å²) in [7, 11) is 0. The second-order valence-corrected chi connectivity index (χ2v) is 17.8. The summed E-state index contributed by atoms with van der Waals surface area (Å²) in [5.41, 5.74) is 0. The maximum atomic E-state index is 12.8. The van der Waals surface area contributed by atoms with E-state index in [1.807, 2.05) is 0 Å². The van der Waals surface area contributed by atoms with Crippen molar-refractivity contribution >= 4 is 17.9 Å². The first-order chi connectivity index (χ1) is 30.0. The van der Waals surface area contributed by atoms with Gasteiger partial charge in [0.05, 0.1) is 0 Å². The Hall–Kier alpha value is -2.37. The zero-order valence-corrected chi connectivity index (χ0v) is 40.7. The Balaban J connectivity index is 4.35. The number of hydrogen-bond donors (Lipinski definition) is 0. The van der Waals surface area contributed by atoms with Gasteiger partial charge in [-0.15, -0.1) is 0 Å². The fourth-order valence-electron chi connectivity index (χ4n) is 7.69. The summed E-state index contributed by atoms with van der Waals surface area (Å²) in [5.74, 6) is -0.879. The summed E-state index contributed by atoms with van der Waals surface area (Å²) in [6.45, 7) is 6.54. The van der Waals surface area contributed by atoms with Crippen LogP contribution in [0.3, 0.4) is 0 Å². The molecule has 0 saturated heterocycles. The molecular weight excluding hydrogens is 757 g/mol. The predicted octanol–water partition coefficient (Wildman–Crippen LogP) is 17.3. The highest BCUT2D eigenvalue weighted by Crippen LogP contribution is 2.16. The van der Waals surface area contributed by atoms with Gasteiger partial charge in [0.2, 0.25) is 0 Å². The Bertz CT molecular complexity index is 1030. The van der Waals surface area contributed by atoms with Crippen molar-refractivity contribution in [3.63, 3.8) is 0 Å². The van der Waals surface area contributed by atoms with Crippen molar-refractivity contribution in [2.45, 2.75) is 284 Å². The minimum absolute atomic E-state index is 0.0749. The van der Waals surface area contributed by atoms with Crippen LogP contribution in [0.1, 0.15) is 278 Å². The molecule has 6 nitrogen and oxygen atoms in total. The molecular formula is C55H100O6. The van der Waals surface area contributed by atoms with E-state index in [1.54, 1.807) is 0 Å². The molecule has 0 aromatic carbocycles. The molecule has 0 fully saturated rings. The fourth-order valence-corrected chi connectivity index (χ4v) is 7.69. The number of carbonyl (C=O) groups is 3. The van der Waals surface area contributed by atoms with Gasteiger partial charge >= 0.3 is 17.9 Å². The smallest absolute Gasteiger partial charge is 0.306 e. The summed E-state index contributed by atoms with van der Waals surface area (Å²) < 4.78 is 16.8. The number of carbonyl (C=O) groups excluding carboxylic acids is 3. The maximum Gasteiger partial charge on any atom is 0.306 e. The van der Waals surface area contributed by atoms with E-state index in [4.69, 9.17) is 14.2 Å². The van der Waals surface area contributed by atoms with E-state index in [9.17, 15) is 14.4 Å². The lowest BCUT2D eigenvalue weighted by Crippen LogP contribution is -2.30. The molecule has 0 N–H and O–H groups in total. The van der Waals surface area contributed by atoms with Gasteiger partial charge in [-0.05, 0) is 51.4 Å². The fraction of sp³-hybridized carbons (Fsp3) is 0.836. The van der Waals surface area contributed by atoms with E-state index < -0.39 is 6.10 Å². The minimum atomic E-state index is -0.775. The first-order valence-electron chi connectivity index (χ1n) is 26.5. The first kappa shape index (κ1) is 58.6. The van der Waals surface area contributed by atoms with E-state index in [1.165, 1.54) is 141 Å². The highest BCUT2D eigenvalue weighted by molar-refractivity contribution is 5.71. The highest BCUT2D eigenvalue weighted by atomic mass is 16.6. The third-order valence-electron chi connectivity index (χ3n) is 11.7. The van der Waals surface area contributed by atoms with Crippen LogP contribution in [0.5, 0.6) is 0 Å². The molecule has 0 heterocycles. The van der Waals surface area contributed by atoms with Crippen LogP contribution in [0.4, 0.5) is 0 Å². The molecule has 0 aliphatic heterocycles. The molecule has 1 unspecified atom stereocenters. The van der Waals surface area contributed by atoms with Crippen molar-refractivity contribution in [2.75, 3.05) is 13.2 Å². The summed E-state index contributed by atoms with van der Waals surface area (Å²) >= 11 is 0. The molecule has 0 aliphatic carbocycles. The Morgan fingerprint density at radius 3 is 1.00 bits per heavy atom. The number of hydrogen-bond acceptors (Lipinski definition) is 6. The lowest BCUT2D eigenvalue weighted by Gasteiger charge is -2.18. The van der Waals surface area contributed by atoms with E-state index in [2.05, 4.69) is 57.2 Å². The average molecular weight is 857 g/mol. The normalized spacial score (nSPS) is 12.2. The SMILES string of the molecule is CC/C=C\C/C=C\C/C=C\CCCCCCCC(=O)OC(COC(=O)CCCCCCCCCCCCCC)COC(=O)CCCCCCCCCCCCCCCCCC. The van der Waals surface area contributed by atoms with Crippen LogP contribution in [0.25, 0.3) is 0 Å². The largest absolute Gasteiger partial charge is 0.462 e. The second-order valence-electron chi connectivity index (χ2n) is 17.8. The summed E-state index contributed by atoms with van der Waals surface area (Å²) in [5, 5.41) is 0. The number of ether oxygens (including phenoxy) is 3. The standard InChI is InChI=1S/C55H100O6/c1-4-7-10-13-16-19-22-25-27-29-30-33-36-39-42-45-48-54(57)60-51-52(50-59-53(56)47-44-41-38-35-32-24-21-18-15-12-9-6-3)61-55(58)49-46-43-40-37-34-31-28-26-23-20-17-14-11-8-5-2/h8,11,17,20,26,28,52H,4-7,9-10,12-16,18-19,21-25,27,29-51H2,1-3H3/b11-8-,20-17-,28-26-. The molecule has 0 spiro atoms. The number of unbranched alkanes of at least 4 members (excludes halogenated alkanes) is 31. The lowest BCUT2D eigenvalue weighted by molar-refractivity contribution is -0.167. The highest BCUT2D eigenvalue weighted by Gasteiger charge is 2.19. The Labute approximate surface area is 378 Å². The zero-order valence-electron chi connectivity index (χ0n) is 40.7. The van der Waals surface area contributed by atoms with Crippen molar-refractivity contribution < 1.29 is 28.6 Å². The van der Waals surface area contributed by atoms with E-state index in [0.29, 0.717) is 19.3 Å². The van der Waals surface area contributed by atoms with Gasteiger partial charge in [0.15, 0.2) is 6.10 Å². The van der Waals surface area contributed by atoms with Gasteiger partial charge in [-0.3, -0.25) is 14.4 Å². The van der Waals surface area contributed by atoms with Crippen LogP contribution in [-0.2, 0) is 28.6 Å². The maximum absolute atomic E-state index is 12.8. The molecule has 0 aromatic heterocycles. The molecule has 0 aromatic rings. The van der Waals surface area contributed by atoms with E-state index in [0.717, 1.165) is 96.3 Å². The third kappa shape index (κ3) is 48.5. The van der Waals surface area contributed by atoms with Crippen molar-refractivity contribution in [1.29, 1.82) is 0 Å². The zero-order chi connectivity index (χ0) is 44.4. The summed E-state index contributed by atoms with van der Waals surface area (Å²) in [6.07, 6.45) is 58.4. The molecule has 6 heteroatoms. The van der Waals surface area contributed by atoms with Gasteiger partial charge in [0.1, 0.15) is 13.2 Å². The Morgan fingerprint density at radius 2 is 0.639 bits per heavy atom. The summed E-state index contributed by atoms with van der Waals surface area (Å²) in [6, 6.07) is 0. The average Bonchev–Trinajstić information content (AvgIpc) is 3.26. The quantitative estimate of drug-likeness (QED) is 0.0262. The van der Waals surface area contributed by atoms with Crippen molar-refractivity contribution in [3.8, 4) is 0 Å². The third-order valence-corrected chi connectivity index (χ3v) is 11.7. The van der Waals surface area contributed by atoms with Gasteiger partial charge in [0, 0.05) is 19.3 Å².